The molecule has 5 nitrogen and oxygen atoms in total. The maximum absolute atomic E-state index is 5.61. The number of benzene rings is 1. The fraction of sp³-hybridized carbons (Fsp3) is 0.214. The van der Waals surface area contributed by atoms with E-state index >= 15 is 0 Å². The van der Waals surface area contributed by atoms with Gasteiger partial charge in [0.25, 0.3) is 0 Å². The third-order valence-electron chi connectivity index (χ3n) is 3.12. The van der Waals surface area contributed by atoms with Crippen molar-refractivity contribution in [2.45, 2.75) is 19.9 Å². The number of nitrogens with two attached hydrogens (primary N) is 1. The second-order valence-electron chi connectivity index (χ2n) is 4.34. The molecule has 1 aromatic carbocycles. The van der Waals surface area contributed by atoms with Gasteiger partial charge in [-0.3, -0.25) is 0 Å². The van der Waals surface area contributed by atoms with Crippen molar-refractivity contribution >= 4 is 17.0 Å². The van der Waals surface area contributed by atoms with Gasteiger partial charge in [0, 0.05) is 19.2 Å². The Balaban J connectivity index is 2.05. The van der Waals surface area contributed by atoms with Gasteiger partial charge in [-0.1, -0.05) is 12.1 Å². The predicted molar refractivity (Wildman–Crippen MR) is 74.7 cm³/mol. The van der Waals surface area contributed by atoms with Crippen LogP contribution in [0.25, 0.3) is 11.0 Å². The van der Waals surface area contributed by atoms with Gasteiger partial charge < -0.3 is 10.3 Å². The Morgan fingerprint density at radius 1 is 1.16 bits per heavy atom. The van der Waals surface area contributed by atoms with Crippen LogP contribution in [0, 0.1) is 0 Å². The minimum Gasteiger partial charge on any atom is -0.368 e. The summed E-state index contributed by atoms with van der Waals surface area (Å²) in [6.45, 7) is 3.00. The van der Waals surface area contributed by atoms with E-state index < -0.39 is 0 Å². The molecule has 0 spiro atoms. The number of imidazole rings is 1. The summed E-state index contributed by atoms with van der Waals surface area (Å²) in [4.78, 5) is 12.8. The fourth-order valence-corrected chi connectivity index (χ4v) is 2.29. The first kappa shape index (κ1) is 11.6. The van der Waals surface area contributed by atoms with Crippen molar-refractivity contribution in [3.63, 3.8) is 0 Å². The molecule has 0 saturated heterocycles. The Hall–Kier alpha value is -2.43. The lowest BCUT2D eigenvalue weighted by molar-refractivity contribution is 0.729. The van der Waals surface area contributed by atoms with Gasteiger partial charge in [-0.15, -0.1) is 0 Å². The van der Waals surface area contributed by atoms with Crippen LogP contribution in [0.3, 0.4) is 0 Å². The standard InChI is InChI=1S/C14H15N5/c1-2-19-12-6-4-3-5-11(12)18-13(19)9-10-7-8-16-14(15)17-10/h3-8H,2,9H2,1H3,(H2,15,16,17). The van der Waals surface area contributed by atoms with Crippen molar-refractivity contribution in [2.75, 3.05) is 5.73 Å². The molecular weight excluding hydrogens is 238 g/mol. The first-order valence-corrected chi connectivity index (χ1v) is 6.29. The van der Waals surface area contributed by atoms with Crippen molar-refractivity contribution in [2.24, 2.45) is 0 Å². The molecule has 2 heterocycles. The van der Waals surface area contributed by atoms with Crippen LogP contribution in [0.1, 0.15) is 18.4 Å². The van der Waals surface area contributed by atoms with Crippen LogP contribution in [-0.2, 0) is 13.0 Å². The van der Waals surface area contributed by atoms with E-state index in [1.54, 1.807) is 6.20 Å². The van der Waals surface area contributed by atoms with Gasteiger partial charge in [-0.25, -0.2) is 15.0 Å². The van der Waals surface area contributed by atoms with E-state index in [0.717, 1.165) is 29.1 Å². The molecule has 3 aromatic rings. The Bertz CT molecular complexity index is 717. The van der Waals surface area contributed by atoms with Gasteiger partial charge in [0.05, 0.1) is 16.7 Å². The minimum atomic E-state index is 0.302. The average molecular weight is 253 g/mol. The Morgan fingerprint density at radius 3 is 2.79 bits per heavy atom. The molecule has 0 radical (unpaired) electrons. The first-order valence-electron chi connectivity index (χ1n) is 6.29. The van der Waals surface area contributed by atoms with Gasteiger partial charge >= 0.3 is 0 Å². The number of anilines is 1. The topological polar surface area (TPSA) is 69.6 Å². The summed E-state index contributed by atoms with van der Waals surface area (Å²) in [5.41, 5.74) is 8.66. The zero-order valence-electron chi connectivity index (χ0n) is 10.7. The van der Waals surface area contributed by atoms with E-state index in [1.165, 1.54) is 0 Å². The molecule has 0 saturated carbocycles. The molecule has 3 rings (SSSR count). The van der Waals surface area contributed by atoms with Crippen molar-refractivity contribution in [1.82, 2.24) is 19.5 Å². The van der Waals surface area contributed by atoms with E-state index in [-0.39, 0.29) is 0 Å². The highest BCUT2D eigenvalue weighted by Gasteiger charge is 2.10. The molecule has 19 heavy (non-hydrogen) atoms. The number of aryl methyl sites for hydroxylation is 1. The lowest BCUT2D eigenvalue weighted by atomic mass is 10.3. The van der Waals surface area contributed by atoms with Crippen molar-refractivity contribution in [3.05, 3.63) is 48.0 Å². The van der Waals surface area contributed by atoms with Gasteiger partial charge in [0.1, 0.15) is 5.82 Å². The summed E-state index contributed by atoms with van der Waals surface area (Å²) in [5.74, 6) is 1.30. The first-order chi connectivity index (χ1) is 9.28. The molecule has 0 aliphatic heterocycles. The smallest absolute Gasteiger partial charge is 0.220 e. The second-order valence-corrected chi connectivity index (χ2v) is 4.34. The van der Waals surface area contributed by atoms with Gasteiger partial charge in [-0.2, -0.15) is 0 Å². The maximum Gasteiger partial charge on any atom is 0.220 e. The molecule has 96 valence electrons. The molecule has 0 atom stereocenters. The van der Waals surface area contributed by atoms with Crippen molar-refractivity contribution in [1.29, 1.82) is 0 Å². The van der Waals surface area contributed by atoms with Gasteiger partial charge in [-0.05, 0) is 25.1 Å². The van der Waals surface area contributed by atoms with Gasteiger partial charge in [0.15, 0.2) is 0 Å². The number of aromatic nitrogens is 4. The molecule has 0 aliphatic rings. The molecule has 2 N–H and O–H groups in total. The van der Waals surface area contributed by atoms with E-state index in [4.69, 9.17) is 5.73 Å². The molecule has 0 unspecified atom stereocenters. The normalized spacial score (nSPS) is 11.0. The van der Waals surface area contributed by atoms with Crippen LogP contribution in [0.5, 0.6) is 0 Å². The zero-order valence-corrected chi connectivity index (χ0v) is 10.7. The van der Waals surface area contributed by atoms with Crippen LogP contribution < -0.4 is 5.73 Å². The summed E-state index contributed by atoms with van der Waals surface area (Å²) in [6.07, 6.45) is 2.34. The van der Waals surface area contributed by atoms with Crippen LogP contribution in [0.4, 0.5) is 5.95 Å². The largest absolute Gasteiger partial charge is 0.368 e. The number of nitrogen functional groups attached to an aromatic ring is 1. The number of nitrogens with zero attached hydrogens (tertiary/aromatic N) is 4. The highest BCUT2D eigenvalue weighted by Crippen LogP contribution is 2.17. The molecule has 2 aromatic heterocycles. The number of hydrogen-bond donors (Lipinski definition) is 1. The SMILES string of the molecule is CCn1c(Cc2ccnc(N)n2)nc2ccccc21. The molecule has 0 fully saturated rings. The minimum absolute atomic E-state index is 0.302. The maximum atomic E-state index is 5.61. The van der Waals surface area contributed by atoms with Crippen LogP contribution >= 0.6 is 0 Å². The predicted octanol–water partition coefficient (Wildman–Crippen LogP) is 2.02. The quantitative estimate of drug-likeness (QED) is 0.775. The molecule has 0 amide bonds. The van der Waals surface area contributed by atoms with E-state index in [0.29, 0.717) is 12.4 Å². The van der Waals surface area contributed by atoms with Crippen LogP contribution in [0.15, 0.2) is 36.5 Å². The second kappa shape index (κ2) is 4.68. The summed E-state index contributed by atoms with van der Waals surface area (Å²) in [5, 5.41) is 0. The number of rotatable bonds is 3. The highest BCUT2D eigenvalue weighted by atomic mass is 15.1. The van der Waals surface area contributed by atoms with Crippen molar-refractivity contribution < 1.29 is 0 Å². The zero-order chi connectivity index (χ0) is 13.2. The Kier molecular flexibility index (Phi) is 2.87. The lowest BCUT2D eigenvalue weighted by Crippen LogP contribution is -2.05. The summed E-state index contributed by atoms with van der Waals surface area (Å²) >= 11 is 0. The summed E-state index contributed by atoms with van der Waals surface area (Å²) in [7, 11) is 0. The lowest BCUT2D eigenvalue weighted by Gasteiger charge is -2.05. The number of hydrogen-bond acceptors (Lipinski definition) is 4. The highest BCUT2D eigenvalue weighted by molar-refractivity contribution is 5.75. The summed E-state index contributed by atoms with van der Waals surface area (Å²) < 4.78 is 2.20. The van der Waals surface area contributed by atoms with E-state index in [9.17, 15) is 0 Å². The van der Waals surface area contributed by atoms with Crippen molar-refractivity contribution in [3.8, 4) is 0 Å². The molecule has 0 aliphatic carbocycles. The third-order valence-corrected chi connectivity index (χ3v) is 3.12. The molecule has 0 bridgehead atoms. The fourth-order valence-electron chi connectivity index (χ4n) is 2.29. The van der Waals surface area contributed by atoms with E-state index in [1.807, 2.05) is 24.3 Å². The van der Waals surface area contributed by atoms with E-state index in [2.05, 4.69) is 32.5 Å². The molecular formula is C14H15N5. The average Bonchev–Trinajstić information content (AvgIpc) is 2.75. The molecule has 5 heteroatoms. The Morgan fingerprint density at radius 2 is 2.00 bits per heavy atom. The van der Waals surface area contributed by atoms with Gasteiger partial charge in [0.2, 0.25) is 5.95 Å². The summed E-state index contributed by atoms with van der Waals surface area (Å²) in [6, 6.07) is 10.0. The van der Waals surface area contributed by atoms with Crippen LogP contribution in [-0.4, -0.2) is 19.5 Å². The number of para-hydroxylation sites is 2. The Labute approximate surface area is 111 Å². The van der Waals surface area contributed by atoms with Crippen LogP contribution in [0.2, 0.25) is 0 Å². The monoisotopic (exact) mass is 253 g/mol. The third kappa shape index (κ3) is 2.14. The number of fused-ring (bicyclic) bond motifs is 1.